The highest BCUT2D eigenvalue weighted by atomic mass is 35.5. The molecule has 1 heterocycles. The van der Waals surface area contributed by atoms with Crippen molar-refractivity contribution in [2.45, 2.75) is 19.3 Å². The first-order valence-electron chi connectivity index (χ1n) is 4.87. The van der Waals surface area contributed by atoms with Gasteiger partial charge < -0.3 is 10.7 Å². The summed E-state index contributed by atoms with van der Waals surface area (Å²) >= 11 is 5.80. The van der Waals surface area contributed by atoms with E-state index in [1.807, 2.05) is 18.2 Å². The summed E-state index contributed by atoms with van der Waals surface area (Å²) < 4.78 is 0. The molecule has 84 valence electrons. The fourth-order valence-corrected chi connectivity index (χ4v) is 1.83. The number of nitrogens with two attached hydrogens (primary N) is 1. The molecule has 1 aromatic heterocycles. The second-order valence-electron chi connectivity index (χ2n) is 4.22. The largest absolute Gasteiger partial charge is 0.369 e. The Morgan fingerprint density at radius 1 is 1.50 bits per heavy atom. The van der Waals surface area contributed by atoms with E-state index in [2.05, 4.69) is 9.97 Å². The number of aromatic amines is 1. The number of hydrogen-bond donors (Lipinski definition) is 2. The van der Waals surface area contributed by atoms with E-state index >= 15 is 0 Å². The standard InChI is InChI=1S/C11H12ClN3O/c1-11(2,9(13)16)6-4-3-5-7-8(6)15-10(12)14-7/h3-5H,1-2H3,(H2,13,16)(H,14,15). The van der Waals surface area contributed by atoms with E-state index < -0.39 is 5.41 Å². The molecule has 0 aliphatic rings. The summed E-state index contributed by atoms with van der Waals surface area (Å²) in [5.41, 5.74) is 6.90. The number of H-pyrrole nitrogens is 1. The van der Waals surface area contributed by atoms with Gasteiger partial charge in [0.1, 0.15) is 0 Å². The average Bonchev–Trinajstić information content (AvgIpc) is 2.56. The van der Waals surface area contributed by atoms with E-state index in [1.165, 1.54) is 0 Å². The van der Waals surface area contributed by atoms with E-state index in [-0.39, 0.29) is 5.91 Å². The van der Waals surface area contributed by atoms with Gasteiger partial charge in [-0.3, -0.25) is 4.79 Å². The molecule has 0 fully saturated rings. The topological polar surface area (TPSA) is 71.8 Å². The lowest BCUT2D eigenvalue weighted by Gasteiger charge is -2.21. The molecule has 4 nitrogen and oxygen atoms in total. The van der Waals surface area contributed by atoms with Gasteiger partial charge in [-0.15, -0.1) is 0 Å². The number of primary amides is 1. The molecular weight excluding hydrogens is 226 g/mol. The molecule has 0 bridgehead atoms. The van der Waals surface area contributed by atoms with Crippen LogP contribution in [0.15, 0.2) is 18.2 Å². The van der Waals surface area contributed by atoms with Crippen LogP contribution in [0.1, 0.15) is 19.4 Å². The molecule has 2 rings (SSSR count). The first-order chi connectivity index (χ1) is 7.43. The summed E-state index contributed by atoms with van der Waals surface area (Å²) in [6.07, 6.45) is 0. The molecule has 0 aliphatic heterocycles. The fraction of sp³-hybridized carbons (Fsp3) is 0.273. The number of imidazole rings is 1. The number of rotatable bonds is 2. The van der Waals surface area contributed by atoms with Crippen molar-refractivity contribution in [1.82, 2.24) is 9.97 Å². The Hall–Kier alpha value is -1.55. The molecule has 1 aromatic carbocycles. The molecule has 0 unspecified atom stereocenters. The number of carbonyl (C=O) groups is 1. The zero-order chi connectivity index (χ0) is 11.9. The Morgan fingerprint density at radius 3 is 2.81 bits per heavy atom. The van der Waals surface area contributed by atoms with Crippen LogP contribution < -0.4 is 5.73 Å². The van der Waals surface area contributed by atoms with E-state index in [0.29, 0.717) is 10.8 Å². The number of benzene rings is 1. The monoisotopic (exact) mass is 237 g/mol. The van der Waals surface area contributed by atoms with Crippen molar-refractivity contribution in [3.8, 4) is 0 Å². The fourth-order valence-electron chi connectivity index (χ4n) is 1.64. The number of amides is 1. The van der Waals surface area contributed by atoms with E-state index in [9.17, 15) is 4.79 Å². The van der Waals surface area contributed by atoms with Crippen molar-refractivity contribution >= 4 is 28.5 Å². The highest BCUT2D eigenvalue weighted by Gasteiger charge is 2.30. The van der Waals surface area contributed by atoms with E-state index in [4.69, 9.17) is 17.3 Å². The van der Waals surface area contributed by atoms with Crippen LogP contribution in [0.4, 0.5) is 0 Å². The number of para-hydroxylation sites is 1. The van der Waals surface area contributed by atoms with Crippen molar-refractivity contribution in [3.05, 3.63) is 29.0 Å². The van der Waals surface area contributed by atoms with Gasteiger partial charge in [0, 0.05) is 0 Å². The normalized spacial score (nSPS) is 11.9. The minimum Gasteiger partial charge on any atom is -0.369 e. The summed E-state index contributed by atoms with van der Waals surface area (Å²) in [6, 6.07) is 5.54. The maximum absolute atomic E-state index is 11.4. The summed E-state index contributed by atoms with van der Waals surface area (Å²) in [4.78, 5) is 18.5. The molecule has 0 aliphatic carbocycles. The highest BCUT2D eigenvalue weighted by molar-refractivity contribution is 6.29. The molecule has 0 atom stereocenters. The minimum atomic E-state index is -0.766. The number of aromatic nitrogens is 2. The first-order valence-corrected chi connectivity index (χ1v) is 5.25. The van der Waals surface area contributed by atoms with Crippen molar-refractivity contribution in [2.75, 3.05) is 0 Å². The van der Waals surface area contributed by atoms with Crippen LogP contribution in [0.2, 0.25) is 5.28 Å². The molecule has 0 spiro atoms. The third-order valence-corrected chi connectivity index (χ3v) is 2.95. The predicted molar refractivity (Wildman–Crippen MR) is 63.3 cm³/mol. The Balaban J connectivity index is 2.73. The SMILES string of the molecule is CC(C)(C(N)=O)c1cccc2[nH]c(Cl)nc12. The minimum absolute atomic E-state index is 0.308. The molecule has 5 heteroatoms. The molecule has 16 heavy (non-hydrogen) atoms. The molecule has 3 N–H and O–H groups in total. The third kappa shape index (κ3) is 1.55. The van der Waals surface area contributed by atoms with Crippen LogP contribution in [-0.4, -0.2) is 15.9 Å². The lowest BCUT2D eigenvalue weighted by Crippen LogP contribution is -2.35. The van der Waals surface area contributed by atoms with Crippen molar-refractivity contribution in [2.24, 2.45) is 5.73 Å². The van der Waals surface area contributed by atoms with Gasteiger partial charge in [0.2, 0.25) is 11.2 Å². The molecule has 0 saturated heterocycles. The van der Waals surface area contributed by atoms with Gasteiger partial charge in [-0.1, -0.05) is 12.1 Å². The van der Waals surface area contributed by atoms with Gasteiger partial charge in [0.25, 0.3) is 0 Å². The van der Waals surface area contributed by atoms with Gasteiger partial charge >= 0.3 is 0 Å². The number of hydrogen-bond acceptors (Lipinski definition) is 2. The Kier molecular flexibility index (Phi) is 2.39. The van der Waals surface area contributed by atoms with Crippen LogP contribution in [0.5, 0.6) is 0 Å². The average molecular weight is 238 g/mol. The maximum Gasteiger partial charge on any atom is 0.227 e. The second-order valence-corrected chi connectivity index (χ2v) is 4.58. The zero-order valence-corrected chi connectivity index (χ0v) is 9.80. The molecule has 0 saturated carbocycles. The van der Waals surface area contributed by atoms with Crippen molar-refractivity contribution < 1.29 is 4.79 Å². The Morgan fingerprint density at radius 2 is 2.19 bits per heavy atom. The van der Waals surface area contributed by atoms with Crippen molar-refractivity contribution in [1.29, 1.82) is 0 Å². The zero-order valence-electron chi connectivity index (χ0n) is 9.04. The Bertz CT molecular complexity index is 559. The number of carbonyl (C=O) groups excluding carboxylic acids is 1. The smallest absolute Gasteiger partial charge is 0.227 e. The quantitative estimate of drug-likeness (QED) is 0.838. The van der Waals surface area contributed by atoms with E-state index in [1.54, 1.807) is 13.8 Å². The van der Waals surface area contributed by atoms with Gasteiger partial charge in [-0.25, -0.2) is 4.98 Å². The van der Waals surface area contributed by atoms with Gasteiger partial charge in [0.15, 0.2) is 0 Å². The number of fused-ring (bicyclic) bond motifs is 1. The number of nitrogens with one attached hydrogen (secondary N) is 1. The maximum atomic E-state index is 11.4. The summed E-state index contributed by atoms with van der Waals surface area (Å²) in [6.45, 7) is 3.54. The molecule has 0 radical (unpaired) electrons. The van der Waals surface area contributed by atoms with Gasteiger partial charge in [-0.2, -0.15) is 0 Å². The highest BCUT2D eigenvalue weighted by Crippen LogP contribution is 2.29. The predicted octanol–water partition coefficient (Wildman–Crippen LogP) is 1.98. The Labute approximate surface area is 97.8 Å². The number of nitrogens with zero attached hydrogens (tertiary/aromatic N) is 1. The van der Waals surface area contributed by atoms with Crippen LogP contribution >= 0.6 is 11.6 Å². The van der Waals surface area contributed by atoms with Crippen LogP contribution in [0.3, 0.4) is 0 Å². The van der Waals surface area contributed by atoms with Crippen LogP contribution in [0, 0.1) is 0 Å². The van der Waals surface area contributed by atoms with Crippen LogP contribution in [-0.2, 0) is 10.2 Å². The second kappa shape index (κ2) is 3.49. The van der Waals surface area contributed by atoms with Gasteiger partial charge in [-0.05, 0) is 37.1 Å². The van der Waals surface area contributed by atoms with Crippen molar-refractivity contribution in [3.63, 3.8) is 0 Å². The molecule has 2 aromatic rings. The lowest BCUT2D eigenvalue weighted by molar-refractivity contribution is -0.122. The third-order valence-electron chi connectivity index (χ3n) is 2.77. The summed E-state index contributed by atoms with van der Waals surface area (Å²) in [7, 11) is 0. The molecular formula is C11H12ClN3O. The van der Waals surface area contributed by atoms with Crippen LogP contribution in [0.25, 0.3) is 11.0 Å². The lowest BCUT2D eigenvalue weighted by atomic mass is 9.83. The summed E-state index contributed by atoms with van der Waals surface area (Å²) in [5, 5.41) is 0.308. The molecule has 1 amide bonds. The summed E-state index contributed by atoms with van der Waals surface area (Å²) in [5.74, 6) is -0.390. The van der Waals surface area contributed by atoms with Gasteiger partial charge in [0.05, 0.1) is 16.4 Å². The number of halogens is 1. The van der Waals surface area contributed by atoms with E-state index in [0.717, 1.165) is 11.1 Å². The first kappa shape index (κ1) is 11.0.